The van der Waals surface area contributed by atoms with E-state index in [1.54, 1.807) is 25.1 Å². The highest BCUT2D eigenvalue weighted by Crippen LogP contribution is 2.25. The standard InChI is InChI=1S/C15H19ClN2O4/c1-9(16)14(19)18-12-4-3-10(15(20)21-2)7-13(12)17-8-11-5-6-22-11/h3-4,7,9,11,17H,5-6,8H2,1-2H3,(H,18,19)/t9-,11+/m1/s1. The lowest BCUT2D eigenvalue weighted by atomic mass is 10.1. The molecule has 1 amide bonds. The molecule has 6 nitrogen and oxygen atoms in total. The minimum atomic E-state index is -0.650. The van der Waals surface area contributed by atoms with E-state index in [9.17, 15) is 9.59 Å². The number of carbonyl (C=O) groups excluding carboxylic acids is 2. The van der Waals surface area contributed by atoms with Crippen molar-refractivity contribution in [2.75, 3.05) is 30.9 Å². The van der Waals surface area contributed by atoms with Gasteiger partial charge in [0.1, 0.15) is 5.38 Å². The van der Waals surface area contributed by atoms with Crippen LogP contribution < -0.4 is 10.6 Å². The zero-order valence-corrected chi connectivity index (χ0v) is 13.3. The number of anilines is 2. The van der Waals surface area contributed by atoms with Crippen molar-refractivity contribution in [1.29, 1.82) is 0 Å². The number of benzene rings is 1. The van der Waals surface area contributed by atoms with Gasteiger partial charge < -0.3 is 20.1 Å². The number of hydrogen-bond donors (Lipinski definition) is 2. The maximum absolute atomic E-state index is 11.8. The fraction of sp³-hybridized carbons (Fsp3) is 0.467. The molecular weight excluding hydrogens is 308 g/mol. The van der Waals surface area contributed by atoms with Gasteiger partial charge in [-0.05, 0) is 31.5 Å². The highest BCUT2D eigenvalue weighted by Gasteiger charge is 2.19. The SMILES string of the molecule is COC(=O)c1ccc(NC(=O)[C@@H](C)Cl)c(NC[C@@H]2CCO2)c1. The van der Waals surface area contributed by atoms with Crippen molar-refractivity contribution in [1.82, 2.24) is 0 Å². The van der Waals surface area contributed by atoms with Crippen molar-refractivity contribution in [3.8, 4) is 0 Å². The minimum absolute atomic E-state index is 0.150. The Labute approximate surface area is 134 Å². The van der Waals surface area contributed by atoms with Crippen molar-refractivity contribution in [3.63, 3.8) is 0 Å². The van der Waals surface area contributed by atoms with Crippen LogP contribution in [0.15, 0.2) is 18.2 Å². The molecule has 0 saturated carbocycles. The van der Waals surface area contributed by atoms with E-state index in [0.717, 1.165) is 13.0 Å². The van der Waals surface area contributed by atoms with Crippen LogP contribution in [0, 0.1) is 0 Å². The zero-order valence-electron chi connectivity index (χ0n) is 12.5. The van der Waals surface area contributed by atoms with Crippen molar-refractivity contribution in [3.05, 3.63) is 23.8 Å². The van der Waals surface area contributed by atoms with Crippen LogP contribution in [0.4, 0.5) is 11.4 Å². The molecule has 2 rings (SSSR count). The number of esters is 1. The normalized spacial score (nSPS) is 18.0. The first kappa shape index (κ1) is 16.6. The van der Waals surface area contributed by atoms with Gasteiger partial charge in [0.25, 0.3) is 0 Å². The molecule has 0 radical (unpaired) electrons. The molecule has 7 heteroatoms. The van der Waals surface area contributed by atoms with Gasteiger partial charge in [0, 0.05) is 13.2 Å². The van der Waals surface area contributed by atoms with E-state index in [4.69, 9.17) is 21.1 Å². The number of halogens is 1. The molecule has 2 N–H and O–H groups in total. The summed E-state index contributed by atoms with van der Waals surface area (Å²) in [6.07, 6.45) is 1.14. The van der Waals surface area contributed by atoms with E-state index < -0.39 is 11.3 Å². The van der Waals surface area contributed by atoms with Gasteiger partial charge in [0.15, 0.2) is 0 Å². The first-order chi connectivity index (χ1) is 10.5. The number of carbonyl (C=O) groups is 2. The maximum atomic E-state index is 11.8. The van der Waals surface area contributed by atoms with Gasteiger partial charge in [-0.25, -0.2) is 4.79 Å². The molecule has 1 fully saturated rings. The Hall–Kier alpha value is -1.79. The molecule has 1 aliphatic heterocycles. The first-order valence-corrected chi connectivity index (χ1v) is 7.47. The van der Waals surface area contributed by atoms with Gasteiger partial charge in [-0.3, -0.25) is 4.79 Å². The van der Waals surface area contributed by atoms with Gasteiger partial charge >= 0.3 is 5.97 Å². The summed E-state index contributed by atoms with van der Waals surface area (Å²) in [6, 6.07) is 4.87. The van der Waals surface area contributed by atoms with E-state index in [0.29, 0.717) is 23.5 Å². The maximum Gasteiger partial charge on any atom is 0.337 e. The van der Waals surface area contributed by atoms with Gasteiger partial charge in [0.05, 0.1) is 30.2 Å². The third-order valence-electron chi connectivity index (χ3n) is 3.37. The van der Waals surface area contributed by atoms with Gasteiger partial charge in [-0.2, -0.15) is 0 Å². The zero-order chi connectivity index (χ0) is 16.1. The summed E-state index contributed by atoms with van der Waals surface area (Å²) in [5.41, 5.74) is 1.59. The van der Waals surface area contributed by atoms with Crippen molar-refractivity contribution in [2.24, 2.45) is 0 Å². The highest BCUT2D eigenvalue weighted by atomic mass is 35.5. The van der Waals surface area contributed by atoms with Crippen LogP contribution in [-0.2, 0) is 14.3 Å². The van der Waals surface area contributed by atoms with Crippen LogP contribution in [0.1, 0.15) is 23.7 Å². The fourth-order valence-corrected chi connectivity index (χ4v) is 2.00. The lowest BCUT2D eigenvalue weighted by molar-refractivity contribution is -0.115. The van der Waals surface area contributed by atoms with Crippen LogP contribution in [0.5, 0.6) is 0 Å². The molecule has 0 unspecified atom stereocenters. The van der Waals surface area contributed by atoms with Gasteiger partial charge in [-0.15, -0.1) is 11.6 Å². The molecule has 0 bridgehead atoms. The van der Waals surface area contributed by atoms with Crippen molar-refractivity contribution in [2.45, 2.75) is 24.8 Å². The largest absolute Gasteiger partial charge is 0.465 e. The molecule has 0 spiro atoms. The molecule has 1 aromatic carbocycles. The number of amides is 1. The van der Waals surface area contributed by atoms with E-state index in [-0.39, 0.29) is 12.0 Å². The predicted octanol–water partition coefficient (Wildman–Crippen LogP) is 2.24. The summed E-state index contributed by atoms with van der Waals surface area (Å²) in [7, 11) is 1.32. The Morgan fingerprint density at radius 2 is 2.18 bits per heavy atom. The molecular formula is C15H19ClN2O4. The molecule has 1 saturated heterocycles. The monoisotopic (exact) mass is 326 g/mol. The van der Waals surface area contributed by atoms with E-state index >= 15 is 0 Å². The smallest absolute Gasteiger partial charge is 0.337 e. The third-order valence-corrected chi connectivity index (χ3v) is 3.57. The summed E-state index contributed by atoms with van der Waals surface area (Å²) in [5.74, 6) is -0.748. The summed E-state index contributed by atoms with van der Waals surface area (Å²) < 4.78 is 10.1. The lowest BCUT2D eigenvalue weighted by Gasteiger charge is -2.27. The Morgan fingerprint density at radius 1 is 1.45 bits per heavy atom. The van der Waals surface area contributed by atoms with Crippen LogP contribution >= 0.6 is 11.6 Å². The van der Waals surface area contributed by atoms with Crippen molar-refractivity contribution >= 4 is 34.9 Å². The number of methoxy groups -OCH3 is 1. The number of ether oxygens (including phenoxy) is 2. The van der Waals surface area contributed by atoms with Crippen LogP contribution in [0.25, 0.3) is 0 Å². The van der Waals surface area contributed by atoms with Crippen molar-refractivity contribution < 1.29 is 19.1 Å². The lowest BCUT2D eigenvalue weighted by Crippen LogP contribution is -2.33. The number of alkyl halides is 1. The average Bonchev–Trinajstić information content (AvgIpc) is 2.46. The average molecular weight is 327 g/mol. The Kier molecular flexibility index (Phi) is 5.63. The topological polar surface area (TPSA) is 76.7 Å². The van der Waals surface area contributed by atoms with E-state index in [1.807, 2.05) is 0 Å². The van der Waals surface area contributed by atoms with Gasteiger partial charge in [0.2, 0.25) is 5.91 Å². The Balaban J connectivity index is 2.17. The second-order valence-electron chi connectivity index (χ2n) is 5.02. The number of nitrogens with one attached hydrogen (secondary N) is 2. The molecule has 120 valence electrons. The van der Waals surface area contributed by atoms with Crippen LogP contribution in [-0.4, -0.2) is 43.6 Å². The molecule has 1 aliphatic rings. The van der Waals surface area contributed by atoms with Gasteiger partial charge in [-0.1, -0.05) is 0 Å². The third kappa shape index (κ3) is 4.11. The second kappa shape index (κ2) is 7.47. The Bertz CT molecular complexity index is 558. The molecule has 22 heavy (non-hydrogen) atoms. The summed E-state index contributed by atoms with van der Waals surface area (Å²) in [5, 5.41) is 5.27. The second-order valence-corrected chi connectivity index (χ2v) is 5.67. The Morgan fingerprint density at radius 3 is 2.73 bits per heavy atom. The summed E-state index contributed by atoms with van der Waals surface area (Å²) in [6.45, 7) is 2.96. The molecule has 1 aromatic rings. The minimum Gasteiger partial charge on any atom is -0.465 e. The van der Waals surface area contributed by atoms with E-state index in [1.165, 1.54) is 7.11 Å². The summed E-state index contributed by atoms with van der Waals surface area (Å²) in [4.78, 5) is 23.4. The van der Waals surface area contributed by atoms with Crippen LogP contribution in [0.3, 0.4) is 0 Å². The fourth-order valence-electron chi connectivity index (χ4n) is 1.95. The van der Waals surface area contributed by atoms with Crippen LogP contribution in [0.2, 0.25) is 0 Å². The van der Waals surface area contributed by atoms with E-state index in [2.05, 4.69) is 10.6 Å². The molecule has 0 aromatic heterocycles. The first-order valence-electron chi connectivity index (χ1n) is 7.04. The molecule has 1 heterocycles. The summed E-state index contributed by atoms with van der Waals surface area (Å²) >= 11 is 5.77. The molecule has 0 aliphatic carbocycles. The molecule has 2 atom stereocenters. The predicted molar refractivity (Wildman–Crippen MR) is 84.6 cm³/mol. The number of rotatable bonds is 6. The highest BCUT2D eigenvalue weighted by molar-refractivity contribution is 6.32. The number of hydrogen-bond acceptors (Lipinski definition) is 5. The quantitative estimate of drug-likeness (QED) is 0.619.